The second-order valence-electron chi connectivity index (χ2n) is 16.1. The molecule has 1 unspecified atom stereocenters. The van der Waals surface area contributed by atoms with Crippen LogP contribution < -0.4 is 21.3 Å². The van der Waals surface area contributed by atoms with Crippen LogP contribution in [0.15, 0.2) is 28.5 Å². The smallest absolute Gasteiger partial charge is 0.315 e. The zero-order chi connectivity index (χ0) is 37.3. The maximum Gasteiger partial charge on any atom is 0.315 e. The number of urea groups is 1. The van der Waals surface area contributed by atoms with Crippen LogP contribution in [0.1, 0.15) is 85.4 Å². The Morgan fingerprint density at radius 2 is 1.66 bits per heavy atom. The van der Waals surface area contributed by atoms with Crippen LogP contribution in [0.2, 0.25) is 0 Å². The number of likely N-dealkylation sites (tertiary alicyclic amines) is 1. The van der Waals surface area contributed by atoms with E-state index in [2.05, 4.69) is 27.8 Å². The van der Waals surface area contributed by atoms with Crippen LogP contribution in [0.5, 0.6) is 0 Å². The summed E-state index contributed by atoms with van der Waals surface area (Å²) in [6.07, 6.45) is 3.65. The molecule has 13 nitrogen and oxygen atoms in total. The first-order valence-electron chi connectivity index (χ1n) is 17.3. The molecule has 2 aliphatic heterocycles. The van der Waals surface area contributed by atoms with Crippen molar-refractivity contribution >= 4 is 50.9 Å². The number of rotatable bonds is 12. The Balaban J connectivity index is 1.53. The third kappa shape index (κ3) is 8.59. The molecule has 1 saturated carbocycles. The summed E-state index contributed by atoms with van der Waals surface area (Å²) in [6, 6.07) is -2.75. The summed E-state index contributed by atoms with van der Waals surface area (Å²) in [5.41, 5.74) is -0.632. The molecular weight excluding hydrogens is 681 g/mol. The predicted molar refractivity (Wildman–Crippen MR) is 191 cm³/mol. The van der Waals surface area contributed by atoms with Gasteiger partial charge in [0, 0.05) is 43.5 Å². The van der Waals surface area contributed by atoms with Crippen molar-refractivity contribution in [3.8, 4) is 0 Å². The maximum absolute atomic E-state index is 14.4. The molecular formula is C35H54N6O7S2. The molecule has 278 valence electrons. The standard InChI is InChI=1S/C35H54N6O7S2/c1-20(2)22-13-15-41(27(22)30(43)37-23(17-21-11-10-12-21)28(42)31(44)36-9)32(45)29(35(6,7)8)39-33(46)38-26(34(3,4)5)19-40-18-24-25(14-16-49-24)50(40,47)48/h14,16,21-23,26-27,29H,1,10-13,15,17-19H2,2-9H3,(H,36,44)(H,37,43)(H2,38,39,46)/t22-,23?,26-,27+,29-/m1/s1. The number of ketones is 1. The Kier molecular flexibility index (Phi) is 11.9. The highest BCUT2D eigenvalue weighted by atomic mass is 32.2. The fraction of sp³-hybridized carbons (Fsp3) is 0.686. The molecule has 0 bridgehead atoms. The zero-order valence-corrected chi connectivity index (χ0v) is 32.2. The average Bonchev–Trinajstić information content (AvgIpc) is 3.70. The second kappa shape index (κ2) is 15.1. The van der Waals surface area contributed by atoms with Crippen molar-refractivity contribution in [1.82, 2.24) is 30.5 Å². The van der Waals surface area contributed by atoms with Gasteiger partial charge in [-0.15, -0.1) is 11.3 Å². The van der Waals surface area contributed by atoms with E-state index in [4.69, 9.17) is 0 Å². The summed E-state index contributed by atoms with van der Waals surface area (Å²) in [5.74, 6) is -2.72. The number of carbonyl (C=O) groups excluding carboxylic acids is 5. The van der Waals surface area contributed by atoms with Gasteiger partial charge in [-0.1, -0.05) is 73.0 Å². The molecule has 1 saturated heterocycles. The molecule has 2 fully saturated rings. The Morgan fingerprint density at radius 1 is 1.00 bits per heavy atom. The number of hydrogen-bond donors (Lipinski definition) is 4. The van der Waals surface area contributed by atoms with Crippen LogP contribution in [0.25, 0.3) is 0 Å². The number of nitrogens with zero attached hydrogens (tertiary/aromatic N) is 2. The number of amides is 5. The molecule has 3 heterocycles. The van der Waals surface area contributed by atoms with Gasteiger partial charge in [0.2, 0.25) is 27.6 Å². The molecule has 4 rings (SSSR count). The normalized spacial score (nSPS) is 22.4. The van der Waals surface area contributed by atoms with Crippen LogP contribution in [-0.2, 0) is 35.7 Å². The van der Waals surface area contributed by atoms with Gasteiger partial charge in [-0.2, -0.15) is 4.31 Å². The molecule has 0 spiro atoms. The van der Waals surface area contributed by atoms with Gasteiger partial charge in [0.15, 0.2) is 0 Å². The highest BCUT2D eigenvalue weighted by Crippen LogP contribution is 2.36. The summed E-state index contributed by atoms with van der Waals surface area (Å²) < 4.78 is 27.8. The molecule has 50 heavy (non-hydrogen) atoms. The average molecular weight is 735 g/mol. The van der Waals surface area contributed by atoms with E-state index >= 15 is 0 Å². The van der Waals surface area contributed by atoms with E-state index in [1.165, 1.54) is 27.6 Å². The monoisotopic (exact) mass is 734 g/mol. The molecule has 5 amide bonds. The van der Waals surface area contributed by atoms with Gasteiger partial charge in [-0.3, -0.25) is 19.2 Å². The molecule has 0 radical (unpaired) electrons. The predicted octanol–water partition coefficient (Wildman–Crippen LogP) is 3.16. The highest BCUT2D eigenvalue weighted by Gasteiger charge is 2.48. The van der Waals surface area contributed by atoms with Crippen molar-refractivity contribution in [2.75, 3.05) is 20.1 Å². The third-order valence-corrected chi connectivity index (χ3v) is 13.2. The largest absolute Gasteiger partial charge is 0.353 e. The fourth-order valence-corrected chi connectivity index (χ4v) is 9.74. The van der Waals surface area contributed by atoms with Crippen LogP contribution >= 0.6 is 11.3 Å². The van der Waals surface area contributed by atoms with Crippen LogP contribution in [0.3, 0.4) is 0 Å². The molecule has 4 N–H and O–H groups in total. The van der Waals surface area contributed by atoms with Crippen LogP contribution in [-0.4, -0.2) is 91.5 Å². The first-order valence-corrected chi connectivity index (χ1v) is 19.6. The third-order valence-electron chi connectivity index (χ3n) is 10.2. The van der Waals surface area contributed by atoms with Gasteiger partial charge in [-0.05, 0) is 48.0 Å². The number of nitrogens with one attached hydrogen (secondary N) is 4. The van der Waals surface area contributed by atoms with Gasteiger partial charge >= 0.3 is 6.03 Å². The van der Waals surface area contributed by atoms with Crippen LogP contribution in [0.4, 0.5) is 4.79 Å². The molecule has 0 aromatic carbocycles. The zero-order valence-electron chi connectivity index (χ0n) is 30.6. The molecule has 5 atom stereocenters. The maximum atomic E-state index is 14.4. The molecule has 15 heteroatoms. The molecule has 1 aliphatic carbocycles. The van der Waals surface area contributed by atoms with Gasteiger partial charge in [0.25, 0.3) is 5.91 Å². The lowest BCUT2D eigenvalue weighted by atomic mass is 9.80. The first-order chi connectivity index (χ1) is 23.2. The van der Waals surface area contributed by atoms with E-state index in [1.54, 1.807) is 18.4 Å². The second-order valence-corrected chi connectivity index (χ2v) is 19.0. The van der Waals surface area contributed by atoms with Crippen molar-refractivity contribution in [2.45, 2.75) is 116 Å². The summed E-state index contributed by atoms with van der Waals surface area (Å²) in [6.45, 7) is 17.5. The highest BCUT2D eigenvalue weighted by molar-refractivity contribution is 7.89. The Bertz CT molecular complexity index is 1600. The van der Waals surface area contributed by atoms with E-state index < -0.39 is 80.5 Å². The van der Waals surface area contributed by atoms with E-state index in [9.17, 15) is 32.4 Å². The number of Topliss-reactive ketones (excluding diaryl/α,β-unsaturated/α-hetero) is 1. The lowest BCUT2D eigenvalue weighted by molar-refractivity contribution is -0.144. The summed E-state index contributed by atoms with van der Waals surface area (Å²) in [4.78, 5) is 70.0. The summed E-state index contributed by atoms with van der Waals surface area (Å²) in [7, 11) is -2.33. The number of carbonyl (C=O) groups is 5. The Labute approximate surface area is 300 Å². The molecule has 1 aromatic heterocycles. The Hall–Kier alpha value is -3.30. The van der Waals surface area contributed by atoms with Crippen molar-refractivity contribution in [2.24, 2.45) is 22.7 Å². The molecule has 1 aromatic rings. The molecule has 3 aliphatic rings. The van der Waals surface area contributed by atoms with E-state index in [0.717, 1.165) is 24.1 Å². The van der Waals surface area contributed by atoms with Gasteiger partial charge < -0.3 is 26.2 Å². The first kappa shape index (κ1) is 39.5. The van der Waals surface area contributed by atoms with Gasteiger partial charge in [0.1, 0.15) is 12.1 Å². The summed E-state index contributed by atoms with van der Waals surface area (Å²) >= 11 is 1.38. The topological polar surface area (TPSA) is 174 Å². The lowest BCUT2D eigenvalue weighted by Gasteiger charge is -2.38. The quantitative estimate of drug-likeness (QED) is 0.189. The lowest BCUT2D eigenvalue weighted by Crippen LogP contribution is -2.62. The summed E-state index contributed by atoms with van der Waals surface area (Å²) in [5, 5.41) is 12.7. The van der Waals surface area contributed by atoms with Crippen molar-refractivity contribution < 1.29 is 32.4 Å². The van der Waals surface area contributed by atoms with Gasteiger partial charge in [0.05, 0.1) is 10.9 Å². The van der Waals surface area contributed by atoms with Crippen molar-refractivity contribution in [3.05, 3.63) is 28.5 Å². The van der Waals surface area contributed by atoms with Crippen molar-refractivity contribution in [1.29, 1.82) is 0 Å². The minimum absolute atomic E-state index is 0.0419. The van der Waals surface area contributed by atoms with Crippen molar-refractivity contribution in [3.63, 3.8) is 0 Å². The number of fused-ring (bicyclic) bond motifs is 1. The minimum atomic E-state index is -3.69. The Morgan fingerprint density at radius 3 is 2.18 bits per heavy atom. The van der Waals surface area contributed by atoms with E-state index in [1.807, 2.05) is 41.5 Å². The fourth-order valence-electron chi connectivity index (χ4n) is 6.82. The number of sulfonamides is 1. The van der Waals surface area contributed by atoms with Crippen LogP contribution in [0, 0.1) is 22.7 Å². The van der Waals surface area contributed by atoms with E-state index in [-0.39, 0.29) is 25.6 Å². The number of likely N-dealkylation sites (N-methyl/N-ethyl adjacent to an activating group) is 1. The SMILES string of the molecule is C=C(C)[C@H]1CCN(C(=O)[C@@H](NC(=O)N[C@H](CN2Cc3sccc3S2(=O)=O)C(C)(C)C)C(C)(C)C)[C@@H]1C(=O)NC(CC1CCC1)C(=O)C(=O)NC. The number of hydrogen-bond acceptors (Lipinski definition) is 8. The minimum Gasteiger partial charge on any atom is -0.353 e. The number of thiophene rings is 1. The van der Waals surface area contributed by atoms with Gasteiger partial charge in [-0.25, -0.2) is 13.2 Å². The van der Waals surface area contributed by atoms with E-state index in [0.29, 0.717) is 23.3 Å².